The number of alkyl carbamates (subject to hydrolysis) is 1. The third kappa shape index (κ3) is 8.65. The highest BCUT2D eigenvalue weighted by atomic mass is 35.5. The van der Waals surface area contributed by atoms with Gasteiger partial charge in [0.1, 0.15) is 5.60 Å². The summed E-state index contributed by atoms with van der Waals surface area (Å²) >= 11 is 6.22. The van der Waals surface area contributed by atoms with Crippen LogP contribution in [0.15, 0.2) is 42.1 Å². The molecule has 4 unspecified atom stereocenters. The van der Waals surface area contributed by atoms with Gasteiger partial charge in [-0.3, -0.25) is 9.59 Å². The number of nitrogens with zero attached hydrogens (tertiary/aromatic N) is 1. The molecule has 0 radical (unpaired) electrons. The fourth-order valence-corrected chi connectivity index (χ4v) is 7.12. The van der Waals surface area contributed by atoms with Crippen LogP contribution >= 0.6 is 11.6 Å². The Hall–Kier alpha value is -2.80. The van der Waals surface area contributed by atoms with E-state index < -0.39 is 11.7 Å². The van der Waals surface area contributed by atoms with E-state index in [0.29, 0.717) is 35.9 Å². The van der Waals surface area contributed by atoms with Crippen molar-refractivity contribution in [1.82, 2.24) is 15.5 Å². The van der Waals surface area contributed by atoms with Crippen molar-refractivity contribution >= 4 is 29.5 Å². The number of aryl methyl sites for hydroxylation is 1. The number of carbonyl (C=O) groups is 3. The van der Waals surface area contributed by atoms with Crippen LogP contribution in [0.2, 0.25) is 5.02 Å². The Bertz CT molecular complexity index is 1260. The number of piperidine rings is 1. The minimum absolute atomic E-state index is 0.0389. The number of halogens is 1. The normalized spacial score (nSPS) is 26.4. The van der Waals surface area contributed by atoms with Crippen LogP contribution in [-0.4, -0.2) is 47.0 Å². The van der Waals surface area contributed by atoms with Gasteiger partial charge in [0.2, 0.25) is 5.91 Å². The van der Waals surface area contributed by atoms with Crippen LogP contribution in [0.3, 0.4) is 0 Å². The summed E-state index contributed by atoms with van der Waals surface area (Å²) in [5.41, 5.74) is 1.77. The molecule has 1 aromatic rings. The van der Waals surface area contributed by atoms with Crippen LogP contribution in [0.5, 0.6) is 0 Å². The summed E-state index contributed by atoms with van der Waals surface area (Å²) in [6.07, 6.45) is 11.6. The van der Waals surface area contributed by atoms with Gasteiger partial charge in [0, 0.05) is 34.9 Å². The summed E-state index contributed by atoms with van der Waals surface area (Å²) in [5.74, 6) is -0.0789. The van der Waals surface area contributed by atoms with Crippen molar-refractivity contribution in [1.29, 1.82) is 0 Å². The smallest absolute Gasteiger partial charge is 0.407 e. The van der Waals surface area contributed by atoms with Crippen LogP contribution < -0.4 is 10.6 Å². The molecule has 0 aromatic heterocycles. The van der Waals surface area contributed by atoms with Crippen LogP contribution in [0, 0.1) is 30.1 Å². The average Bonchev–Trinajstić information content (AvgIpc) is 2.91. The second-order valence-corrected chi connectivity index (χ2v) is 15.1. The Morgan fingerprint density at radius 3 is 2.44 bits per heavy atom. The molecule has 1 heterocycles. The van der Waals surface area contributed by atoms with E-state index in [4.69, 9.17) is 16.3 Å². The van der Waals surface area contributed by atoms with Crippen molar-refractivity contribution in [3.63, 3.8) is 0 Å². The predicted octanol–water partition coefficient (Wildman–Crippen LogP) is 7.58. The second kappa shape index (κ2) is 13.5. The van der Waals surface area contributed by atoms with Crippen LogP contribution in [0.1, 0.15) is 102 Å². The maximum absolute atomic E-state index is 14.2. The molecule has 0 spiro atoms. The SMILES string of the molecule is Cc1cc(Cl)ccc1C(=O)N1CCCC(C(=O)NC2=CC(C(C)(C)C)CC=C2)[C@@H]1C1CCCC(NC(=O)OC(C)(C)C)C1. The maximum Gasteiger partial charge on any atom is 0.407 e. The van der Waals surface area contributed by atoms with Gasteiger partial charge >= 0.3 is 6.09 Å². The highest BCUT2D eigenvalue weighted by molar-refractivity contribution is 6.30. The molecule has 1 saturated carbocycles. The van der Waals surface area contributed by atoms with E-state index in [-0.39, 0.29) is 41.1 Å². The zero-order chi connectivity index (χ0) is 31.5. The predicted molar refractivity (Wildman–Crippen MR) is 172 cm³/mol. The Morgan fingerprint density at radius 1 is 1.02 bits per heavy atom. The number of allylic oxidation sites excluding steroid dienone is 3. The molecule has 4 rings (SSSR count). The van der Waals surface area contributed by atoms with Gasteiger partial charge in [-0.05, 0) is 113 Å². The number of nitrogens with one attached hydrogen (secondary N) is 2. The van der Waals surface area contributed by atoms with E-state index in [2.05, 4.69) is 43.6 Å². The molecule has 7 nitrogen and oxygen atoms in total. The number of hydrogen-bond acceptors (Lipinski definition) is 4. The Morgan fingerprint density at radius 2 is 1.77 bits per heavy atom. The van der Waals surface area contributed by atoms with Gasteiger partial charge in [0.05, 0.1) is 5.92 Å². The Balaban J connectivity index is 1.61. The number of carbonyl (C=O) groups excluding carboxylic acids is 3. The molecule has 1 aliphatic heterocycles. The molecule has 2 N–H and O–H groups in total. The van der Waals surface area contributed by atoms with Crippen molar-refractivity contribution < 1.29 is 19.1 Å². The number of ether oxygens (including phenoxy) is 1. The molecular weight excluding hydrogens is 562 g/mol. The summed E-state index contributed by atoms with van der Waals surface area (Å²) in [6.45, 7) is 14.7. The lowest BCUT2D eigenvalue weighted by Crippen LogP contribution is -2.57. The molecule has 2 fully saturated rings. The van der Waals surface area contributed by atoms with Crippen molar-refractivity contribution in [2.24, 2.45) is 23.2 Å². The topological polar surface area (TPSA) is 87.7 Å². The first-order valence-electron chi connectivity index (χ1n) is 15.9. The molecule has 3 aliphatic rings. The van der Waals surface area contributed by atoms with E-state index in [1.165, 1.54) is 0 Å². The molecule has 1 saturated heterocycles. The van der Waals surface area contributed by atoms with Gasteiger partial charge in [0.15, 0.2) is 0 Å². The Labute approximate surface area is 262 Å². The van der Waals surface area contributed by atoms with E-state index >= 15 is 0 Å². The lowest BCUT2D eigenvalue weighted by Gasteiger charge is -2.47. The highest BCUT2D eigenvalue weighted by Gasteiger charge is 2.45. The molecule has 8 heteroatoms. The third-order valence-corrected chi connectivity index (χ3v) is 9.30. The summed E-state index contributed by atoms with van der Waals surface area (Å²) in [4.78, 5) is 42.8. The molecule has 1 aromatic carbocycles. The monoisotopic (exact) mass is 611 g/mol. The van der Waals surface area contributed by atoms with E-state index in [1.54, 1.807) is 12.1 Å². The van der Waals surface area contributed by atoms with Gasteiger partial charge < -0.3 is 20.3 Å². The largest absolute Gasteiger partial charge is 0.444 e. The fourth-order valence-electron chi connectivity index (χ4n) is 6.89. The lowest BCUT2D eigenvalue weighted by molar-refractivity contribution is -0.128. The van der Waals surface area contributed by atoms with Crippen LogP contribution in [0.25, 0.3) is 0 Å². The molecule has 5 atom stereocenters. The number of hydrogen-bond donors (Lipinski definition) is 2. The lowest BCUT2D eigenvalue weighted by atomic mass is 9.72. The number of rotatable bonds is 5. The van der Waals surface area contributed by atoms with Crippen molar-refractivity contribution in [3.8, 4) is 0 Å². The minimum atomic E-state index is -0.585. The summed E-state index contributed by atoms with van der Waals surface area (Å²) < 4.78 is 5.54. The second-order valence-electron chi connectivity index (χ2n) is 14.7. The zero-order valence-corrected chi connectivity index (χ0v) is 27.7. The van der Waals surface area contributed by atoms with E-state index in [0.717, 1.165) is 43.4 Å². The first-order valence-corrected chi connectivity index (χ1v) is 16.3. The van der Waals surface area contributed by atoms with Gasteiger partial charge in [0.25, 0.3) is 5.91 Å². The first kappa shape index (κ1) is 33.1. The molecule has 2 aliphatic carbocycles. The molecule has 43 heavy (non-hydrogen) atoms. The van der Waals surface area contributed by atoms with E-state index in [9.17, 15) is 14.4 Å². The molecule has 3 amide bonds. The Kier molecular flexibility index (Phi) is 10.4. The van der Waals surface area contributed by atoms with Gasteiger partial charge in [-0.2, -0.15) is 0 Å². The third-order valence-electron chi connectivity index (χ3n) is 9.07. The number of likely N-dealkylation sites (tertiary alicyclic amines) is 1. The summed E-state index contributed by atoms with van der Waals surface area (Å²) in [7, 11) is 0. The van der Waals surface area contributed by atoms with Gasteiger partial charge in [-0.15, -0.1) is 0 Å². The summed E-state index contributed by atoms with van der Waals surface area (Å²) in [6, 6.07) is 4.99. The van der Waals surface area contributed by atoms with Gasteiger partial charge in [-0.1, -0.05) is 50.9 Å². The van der Waals surface area contributed by atoms with Gasteiger partial charge in [-0.25, -0.2) is 4.79 Å². The number of amides is 3. The van der Waals surface area contributed by atoms with Crippen molar-refractivity contribution in [3.05, 3.63) is 58.3 Å². The molecule has 0 bridgehead atoms. The quantitative estimate of drug-likeness (QED) is 0.359. The van der Waals surface area contributed by atoms with Crippen LogP contribution in [-0.2, 0) is 9.53 Å². The van der Waals surface area contributed by atoms with E-state index in [1.807, 2.05) is 44.7 Å². The maximum atomic E-state index is 14.2. The molecular formula is C35H50ClN3O4. The van der Waals surface area contributed by atoms with Crippen molar-refractivity contribution in [2.45, 2.75) is 111 Å². The molecule has 236 valence electrons. The first-order chi connectivity index (χ1) is 20.1. The minimum Gasteiger partial charge on any atom is -0.444 e. The van der Waals surface area contributed by atoms with Crippen molar-refractivity contribution in [2.75, 3.05) is 6.54 Å². The fraction of sp³-hybridized carbons (Fsp3) is 0.629. The number of benzene rings is 1. The highest BCUT2D eigenvalue weighted by Crippen LogP contribution is 2.39. The standard InChI is InChI=1S/C35H50ClN3O4/c1-22-19-25(36)16-17-28(22)32(41)39-18-10-15-29(31(40)37-27-14-9-12-24(21-27)34(2,3)4)30(39)23-11-8-13-26(20-23)38-33(42)43-35(5,6)7/h9,14,16-17,19,21,23-24,26,29-30H,8,10-13,15,18,20H2,1-7H3,(H,37,40)(H,38,42)/t23?,24?,26?,29?,30-/m0/s1. The summed E-state index contributed by atoms with van der Waals surface area (Å²) in [5, 5.41) is 6.89. The van der Waals surface area contributed by atoms with Crippen LogP contribution in [0.4, 0.5) is 4.79 Å². The zero-order valence-electron chi connectivity index (χ0n) is 27.0. The average molecular weight is 612 g/mol.